The van der Waals surface area contributed by atoms with Crippen LogP contribution in [-0.2, 0) is 9.84 Å². The van der Waals surface area contributed by atoms with Crippen LogP contribution in [0.15, 0.2) is 0 Å². The monoisotopic (exact) mass is 235 g/mol. The quantitative estimate of drug-likeness (QED) is 0.673. The highest BCUT2D eigenvalue weighted by molar-refractivity contribution is 7.90. The van der Waals surface area contributed by atoms with E-state index < -0.39 is 15.4 Å². The number of rotatable bonds is 5. The molecule has 0 bridgehead atoms. The van der Waals surface area contributed by atoms with Crippen LogP contribution in [0.5, 0.6) is 0 Å². The fourth-order valence-electron chi connectivity index (χ4n) is 1.97. The lowest BCUT2D eigenvalue weighted by Gasteiger charge is -2.32. The topological polar surface area (TPSA) is 66.4 Å². The maximum absolute atomic E-state index is 10.9. The van der Waals surface area contributed by atoms with Gasteiger partial charge in [-0.1, -0.05) is 19.3 Å². The van der Waals surface area contributed by atoms with Gasteiger partial charge in [-0.3, -0.25) is 0 Å². The van der Waals surface area contributed by atoms with Gasteiger partial charge in [-0.2, -0.15) is 0 Å². The molecule has 0 heterocycles. The van der Waals surface area contributed by atoms with E-state index >= 15 is 0 Å². The van der Waals surface area contributed by atoms with E-state index in [1.165, 1.54) is 12.7 Å². The van der Waals surface area contributed by atoms with Gasteiger partial charge in [0.1, 0.15) is 9.84 Å². The molecule has 0 aliphatic heterocycles. The minimum Gasteiger partial charge on any atom is -0.389 e. The third-order valence-electron chi connectivity index (χ3n) is 2.89. The van der Waals surface area contributed by atoms with Gasteiger partial charge in [0.25, 0.3) is 0 Å². The summed E-state index contributed by atoms with van der Waals surface area (Å²) in [7, 11) is -2.89. The van der Waals surface area contributed by atoms with Crippen LogP contribution >= 0.6 is 0 Å². The van der Waals surface area contributed by atoms with Gasteiger partial charge in [-0.05, 0) is 12.8 Å². The number of aliphatic hydroxyl groups is 1. The van der Waals surface area contributed by atoms with Crippen molar-refractivity contribution in [2.45, 2.75) is 37.7 Å². The normalized spacial score (nSPS) is 21.5. The van der Waals surface area contributed by atoms with Gasteiger partial charge in [0, 0.05) is 19.3 Å². The second-order valence-corrected chi connectivity index (χ2v) is 6.85. The molecule has 1 rings (SSSR count). The Bertz CT molecular complexity index is 281. The Morgan fingerprint density at radius 3 is 2.40 bits per heavy atom. The molecule has 1 saturated carbocycles. The van der Waals surface area contributed by atoms with E-state index in [0.717, 1.165) is 25.7 Å². The lowest BCUT2D eigenvalue weighted by molar-refractivity contribution is 0.00544. The lowest BCUT2D eigenvalue weighted by atomic mass is 9.85. The highest BCUT2D eigenvalue weighted by atomic mass is 32.2. The van der Waals surface area contributed by atoms with Gasteiger partial charge >= 0.3 is 0 Å². The average Bonchev–Trinajstić information content (AvgIpc) is 2.12. The van der Waals surface area contributed by atoms with Crippen molar-refractivity contribution >= 4 is 9.84 Å². The van der Waals surface area contributed by atoms with Crippen molar-refractivity contribution in [2.24, 2.45) is 0 Å². The molecule has 15 heavy (non-hydrogen) atoms. The van der Waals surface area contributed by atoms with Crippen molar-refractivity contribution in [1.29, 1.82) is 0 Å². The van der Waals surface area contributed by atoms with Crippen LogP contribution in [-0.4, -0.2) is 44.2 Å². The van der Waals surface area contributed by atoms with Crippen LogP contribution in [0.25, 0.3) is 0 Å². The molecule has 0 unspecified atom stereocenters. The van der Waals surface area contributed by atoms with Gasteiger partial charge < -0.3 is 10.4 Å². The molecule has 1 aliphatic rings. The standard InChI is InChI=1S/C10H21NO3S/c1-15(13,14)8-7-11-9-10(12)5-3-2-4-6-10/h11-12H,2-9H2,1H3. The maximum atomic E-state index is 10.9. The summed E-state index contributed by atoms with van der Waals surface area (Å²) in [5.41, 5.74) is -0.601. The third kappa shape index (κ3) is 5.49. The summed E-state index contributed by atoms with van der Waals surface area (Å²) in [4.78, 5) is 0. The fraction of sp³-hybridized carbons (Fsp3) is 1.00. The number of hydrogen-bond acceptors (Lipinski definition) is 4. The number of sulfone groups is 1. The molecule has 0 aromatic rings. The van der Waals surface area contributed by atoms with Crippen molar-refractivity contribution in [1.82, 2.24) is 5.32 Å². The number of hydrogen-bond donors (Lipinski definition) is 2. The lowest BCUT2D eigenvalue weighted by Crippen LogP contribution is -2.43. The van der Waals surface area contributed by atoms with Gasteiger partial charge in [-0.15, -0.1) is 0 Å². The summed E-state index contributed by atoms with van der Waals surface area (Å²) in [6.07, 6.45) is 6.24. The van der Waals surface area contributed by atoms with E-state index in [0.29, 0.717) is 13.1 Å². The van der Waals surface area contributed by atoms with Crippen LogP contribution in [0.3, 0.4) is 0 Å². The highest BCUT2D eigenvalue weighted by Crippen LogP contribution is 2.27. The van der Waals surface area contributed by atoms with Crippen molar-refractivity contribution in [3.63, 3.8) is 0 Å². The van der Waals surface area contributed by atoms with E-state index in [2.05, 4.69) is 5.32 Å². The van der Waals surface area contributed by atoms with E-state index in [1.54, 1.807) is 0 Å². The minimum absolute atomic E-state index is 0.142. The fourth-order valence-corrected chi connectivity index (χ4v) is 2.48. The highest BCUT2D eigenvalue weighted by Gasteiger charge is 2.28. The van der Waals surface area contributed by atoms with Crippen molar-refractivity contribution in [3.05, 3.63) is 0 Å². The maximum Gasteiger partial charge on any atom is 0.148 e. The zero-order valence-corrected chi connectivity index (χ0v) is 10.1. The Kier molecular flexibility index (Phi) is 4.55. The van der Waals surface area contributed by atoms with Gasteiger partial charge in [-0.25, -0.2) is 8.42 Å². The first-order chi connectivity index (χ1) is 6.91. The van der Waals surface area contributed by atoms with E-state index in [-0.39, 0.29) is 5.75 Å². The largest absolute Gasteiger partial charge is 0.389 e. The van der Waals surface area contributed by atoms with Gasteiger partial charge in [0.05, 0.1) is 11.4 Å². The van der Waals surface area contributed by atoms with Crippen molar-refractivity contribution in [2.75, 3.05) is 25.1 Å². The smallest absolute Gasteiger partial charge is 0.148 e. The van der Waals surface area contributed by atoms with Gasteiger partial charge in [0.2, 0.25) is 0 Å². The molecule has 1 aliphatic carbocycles. The molecular weight excluding hydrogens is 214 g/mol. The zero-order chi connectivity index (χ0) is 11.4. The average molecular weight is 235 g/mol. The molecule has 5 heteroatoms. The summed E-state index contributed by atoms with van der Waals surface area (Å²) in [6, 6.07) is 0. The molecular formula is C10H21NO3S. The van der Waals surface area contributed by atoms with E-state index in [4.69, 9.17) is 0 Å². The summed E-state index contributed by atoms with van der Waals surface area (Å²) >= 11 is 0. The minimum atomic E-state index is -2.89. The van der Waals surface area contributed by atoms with Crippen LogP contribution in [0, 0.1) is 0 Å². The third-order valence-corrected chi connectivity index (χ3v) is 3.83. The molecule has 0 radical (unpaired) electrons. The Morgan fingerprint density at radius 1 is 1.27 bits per heavy atom. The Morgan fingerprint density at radius 2 is 1.87 bits per heavy atom. The first kappa shape index (κ1) is 12.9. The summed E-state index contributed by atoms with van der Waals surface area (Å²) in [5, 5.41) is 13.1. The molecule has 0 amide bonds. The van der Waals surface area contributed by atoms with Crippen LogP contribution in [0.4, 0.5) is 0 Å². The predicted octanol–water partition coefficient (Wildman–Crippen LogP) is 0.316. The molecule has 90 valence electrons. The molecule has 0 atom stereocenters. The molecule has 0 aromatic carbocycles. The van der Waals surface area contributed by atoms with Crippen LogP contribution < -0.4 is 5.32 Å². The van der Waals surface area contributed by atoms with Crippen molar-refractivity contribution < 1.29 is 13.5 Å². The predicted molar refractivity (Wildman–Crippen MR) is 60.6 cm³/mol. The molecule has 4 nitrogen and oxygen atoms in total. The first-order valence-corrected chi connectivity index (χ1v) is 7.58. The Hall–Kier alpha value is -0.130. The molecule has 2 N–H and O–H groups in total. The van der Waals surface area contributed by atoms with Gasteiger partial charge in [0.15, 0.2) is 0 Å². The molecule has 1 fully saturated rings. The van der Waals surface area contributed by atoms with Crippen LogP contribution in [0.1, 0.15) is 32.1 Å². The van der Waals surface area contributed by atoms with E-state index in [9.17, 15) is 13.5 Å². The summed E-state index contributed by atoms with van der Waals surface area (Å²) in [6.45, 7) is 0.948. The second kappa shape index (κ2) is 5.27. The molecule has 0 spiro atoms. The SMILES string of the molecule is CS(=O)(=O)CCNCC1(O)CCCCC1. The Labute approximate surface area is 92.0 Å². The molecule has 0 saturated heterocycles. The first-order valence-electron chi connectivity index (χ1n) is 5.52. The molecule has 0 aromatic heterocycles. The number of nitrogens with one attached hydrogen (secondary N) is 1. The summed E-state index contributed by atoms with van der Waals surface area (Å²) in [5.74, 6) is 0.142. The summed E-state index contributed by atoms with van der Waals surface area (Å²) < 4.78 is 21.7. The van der Waals surface area contributed by atoms with E-state index in [1.807, 2.05) is 0 Å². The van der Waals surface area contributed by atoms with Crippen LogP contribution in [0.2, 0.25) is 0 Å². The zero-order valence-electron chi connectivity index (χ0n) is 9.33. The Balaban J connectivity index is 2.19. The second-order valence-electron chi connectivity index (χ2n) is 4.59. The van der Waals surface area contributed by atoms with Crippen molar-refractivity contribution in [3.8, 4) is 0 Å².